The Morgan fingerprint density at radius 1 is 1.57 bits per heavy atom. The predicted molar refractivity (Wildman–Crippen MR) is 57.5 cm³/mol. The van der Waals surface area contributed by atoms with Crippen LogP contribution in [0.4, 0.5) is 11.5 Å². The fraction of sp³-hybridized carbons (Fsp3) is 0.400. The molecule has 4 heteroatoms. The highest BCUT2D eigenvalue weighted by Crippen LogP contribution is 2.13. The molecule has 4 nitrogen and oxygen atoms in total. The summed E-state index contributed by atoms with van der Waals surface area (Å²) in [6.45, 7) is 1.84. The van der Waals surface area contributed by atoms with Gasteiger partial charge in [0.15, 0.2) is 0 Å². The van der Waals surface area contributed by atoms with Gasteiger partial charge in [0, 0.05) is 20.5 Å². The minimum absolute atomic E-state index is 0.0870. The Bertz CT molecular complexity index is 308. The predicted octanol–water partition coefficient (Wildman–Crippen LogP) is 1.50. The van der Waals surface area contributed by atoms with E-state index in [1.54, 1.807) is 18.1 Å². The number of rotatable bonds is 3. The number of carbonyl (C=O) groups is 1. The van der Waals surface area contributed by atoms with Crippen LogP contribution < -0.4 is 10.2 Å². The molecular formula is C10H15N3O. The molecule has 76 valence electrons. The average Bonchev–Trinajstić information content (AvgIpc) is 2.27. The van der Waals surface area contributed by atoms with Crippen molar-refractivity contribution >= 4 is 17.4 Å². The Morgan fingerprint density at radius 3 is 2.71 bits per heavy atom. The van der Waals surface area contributed by atoms with E-state index in [4.69, 9.17) is 0 Å². The lowest BCUT2D eigenvalue weighted by Crippen LogP contribution is -2.25. The molecule has 0 bridgehead atoms. The standard InChI is InChI=1S/C10H15N3O/c1-4-10(14)13(3)8-5-6-9(11-2)12-7-8/h5-7H,4H2,1-3H3,(H,11,12). The molecule has 1 aromatic heterocycles. The summed E-state index contributed by atoms with van der Waals surface area (Å²) in [5, 5.41) is 2.92. The van der Waals surface area contributed by atoms with Crippen molar-refractivity contribution in [2.45, 2.75) is 13.3 Å². The summed E-state index contributed by atoms with van der Waals surface area (Å²) in [5.74, 6) is 0.884. The second-order valence-electron chi connectivity index (χ2n) is 2.96. The molecule has 1 amide bonds. The van der Waals surface area contributed by atoms with Crippen LogP contribution in [0.1, 0.15) is 13.3 Å². The number of amides is 1. The van der Waals surface area contributed by atoms with Crippen LogP contribution in [0.2, 0.25) is 0 Å². The number of nitrogens with zero attached hydrogens (tertiary/aromatic N) is 2. The third-order valence-electron chi connectivity index (χ3n) is 2.07. The van der Waals surface area contributed by atoms with Crippen LogP contribution in [0.3, 0.4) is 0 Å². The monoisotopic (exact) mass is 193 g/mol. The Morgan fingerprint density at radius 2 is 2.29 bits per heavy atom. The summed E-state index contributed by atoms with van der Waals surface area (Å²) < 4.78 is 0. The van der Waals surface area contributed by atoms with Gasteiger partial charge in [-0.05, 0) is 12.1 Å². The number of aromatic nitrogens is 1. The van der Waals surface area contributed by atoms with E-state index in [1.165, 1.54) is 0 Å². The first-order valence-electron chi connectivity index (χ1n) is 4.59. The number of hydrogen-bond donors (Lipinski definition) is 1. The highest BCUT2D eigenvalue weighted by atomic mass is 16.2. The van der Waals surface area contributed by atoms with Crippen LogP contribution in [0, 0.1) is 0 Å². The molecule has 1 rings (SSSR count). The van der Waals surface area contributed by atoms with E-state index >= 15 is 0 Å². The second-order valence-corrected chi connectivity index (χ2v) is 2.96. The molecule has 0 saturated heterocycles. The zero-order valence-corrected chi connectivity index (χ0v) is 8.74. The first kappa shape index (κ1) is 10.5. The number of anilines is 2. The zero-order chi connectivity index (χ0) is 10.6. The number of pyridine rings is 1. The number of carbonyl (C=O) groups excluding carboxylic acids is 1. The normalized spacial score (nSPS) is 9.64. The molecule has 14 heavy (non-hydrogen) atoms. The van der Waals surface area contributed by atoms with Crippen molar-refractivity contribution in [2.24, 2.45) is 0 Å². The van der Waals surface area contributed by atoms with Crippen LogP contribution in [-0.4, -0.2) is 25.0 Å². The van der Waals surface area contributed by atoms with Crippen LogP contribution in [0.5, 0.6) is 0 Å². The van der Waals surface area contributed by atoms with Crippen LogP contribution >= 0.6 is 0 Å². The molecule has 0 aliphatic rings. The van der Waals surface area contributed by atoms with Gasteiger partial charge in [0.1, 0.15) is 5.82 Å². The van der Waals surface area contributed by atoms with Crippen molar-refractivity contribution in [3.05, 3.63) is 18.3 Å². The van der Waals surface area contributed by atoms with Gasteiger partial charge in [-0.1, -0.05) is 6.92 Å². The molecule has 0 aromatic carbocycles. The maximum atomic E-state index is 11.3. The highest BCUT2D eigenvalue weighted by Gasteiger charge is 2.07. The summed E-state index contributed by atoms with van der Waals surface area (Å²) in [7, 11) is 3.56. The van der Waals surface area contributed by atoms with Crippen molar-refractivity contribution in [3.63, 3.8) is 0 Å². The molecule has 0 atom stereocenters. The highest BCUT2D eigenvalue weighted by molar-refractivity contribution is 5.92. The third-order valence-corrected chi connectivity index (χ3v) is 2.07. The van der Waals surface area contributed by atoms with E-state index in [0.29, 0.717) is 6.42 Å². The molecule has 0 spiro atoms. The fourth-order valence-corrected chi connectivity index (χ4v) is 1.11. The van der Waals surface area contributed by atoms with Crippen molar-refractivity contribution in [1.29, 1.82) is 0 Å². The molecule has 0 fully saturated rings. The van der Waals surface area contributed by atoms with Gasteiger partial charge in [-0.25, -0.2) is 4.98 Å². The molecule has 0 radical (unpaired) electrons. The van der Waals surface area contributed by atoms with Gasteiger partial charge in [-0.3, -0.25) is 4.79 Å². The van der Waals surface area contributed by atoms with E-state index in [1.807, 2.05) is 26.1 Å². The first-order valence-corrected chi connectivity index (χ1v) is 4.59. The van der Waals surface area contributed by atoms with Gasteiger partial charge >= 0.3 is 0 Å². The first-order chi connectivity index (χ1) is 6.69. The van der Waals surface area contributed by atoms with E-state index in [2.05, 4.69) is 10.3 Å². The summed E-state index contributed by atoms with van der Waals surface area (Å²) in [6.07, 6.45) is 2.18. The smallest absolute Gasteiger partial charge is 0.226 e. The minimum atomic E-state index is 0.0870. The third kappa shape index (κ3) is 2.22. The summed E-state index contributed by atoms with van der Waals surface area (Å²) in [6, 6.07) is 3.71. The van der Waals surface area contributed by atoms with E-state index in [-0.39, 0.29) is 5.91 Å². The summed E-state index contributed by atoms with van der Waals surface area (Å²) in [4.78, 5) is 17.1. The van der Waals surface area contributed by atoms with Gasteiger partial charge in [-0.15, -0.1) is 0 Å². The van der Waals surface area contributed by atoms with Gasteiger partial charge in [0.05, 0.1) is 11.9 Å². The van der Waals surface area contributed by atoms with E-state index in [9.17, 15) is 4.79 Å². The lowest BCUT2D eigenvalue weighted by molar-refractivity contribution is -0.118. The second kappa shape index (κ2) is 4.60. The van der Waals surface area contributed by atoms with Crippen molar-refractivity contribution < 1.29 is 4.79 Å². The maximum absolute atomic E-state index is 11.3. The average molecular weight is 193 g/mol. The molecule has 0 saturated carbocycles. The Balaban J connectivity index is 2.81. The Hall–Kier alpha value is -1.58. The van der Waals surface area contributed by atoms with Crippen molar-refractivity contribution in [3.8, 4) is 0 Å². The van der Waals surface area contributed by atoms with Gasteiger partial charge in [0.2, 0.25) is 5.91 Å². The van der Waals surface area contributed by atoms with Gasteiger partial charge < -0.3 is 10.2 Å². The lowest BCUT2D eigenvalue weighted by Gasteiger charge is -2.15. The number of nitrogens with one attached hydrogen (secondary N) is 1. The van der Waals surface area contributed by atoms with Crippen molar-refractivity contribution in [1.82, 2.24) is 4.98 Å². The quantitative estimate of drug-likeness (QED) is 0.791. The molecule has 0 unspecified atom stereocenters. The van der Waals surface area contributed by atoms with Crippen molar-refractivity contribution in [2.75, 3.05) is 24.3 Å². The summed E-state index contributed by atoms with van der Waals surface area (Å²) >= 11 is 0. The zero-order valence-electron chi connectivity index (χ0n) is 8.74. The van der Waals surface area contributed by atoms with Gasteiger partial charge in [-0.2, -0.15) is 0 Å². The molecule has 1 N–H and O–H groups in total. The van der Waals surface area contributed by atoms with Crippen LogP contribution in [0.25, 0.3) is 0 Å². The Labute approximate surface area is 83.9 Å². The molecule has 1 aromatic rings. The van der Waals surface area contributed by atoms with E-state index in [0.717, 1.165) is 11.5 Å². The van der Waals surface area contributed by atoms with Crippen LogP contribution in [-0.2, 0) is 4.79 Å². The largest absolute Gasteiger partial charge is 0.373 e. The Kier molecular flexibility index (Phi) is 3.45. The van der Waals surface area contributed by atoms with E-state index < -0.39 is 0 Å². The molecule has 0 aliphatic carbocycles. The number of hydrogen-bond acceptors (Lipinski definition) is 3. The fourth-order valence-electron chi connectivity index (χ4n) is 1.11. The topological polar surface area (TPSA) is 45.2 Å². The summed E-state index contributed by atoms with van der Waals surface area (Å²) in [5.41, 5.74) is 0.816. The van der Waals surface area contributed by atoms with Gasteiger partial charge in [0.25, 0.3) is 0 Å². The van der Waals surface area contributed by atoms with Crippen LogP contribution in [0.15, 0.2) is 18.3 Å². The SMILES string of the molecule is CCC(=O)N(C)c1ccc(NC)nc1. The maximum Gasteiger partial charge on any atom is 0.226 e. The molecule has 1 heterocycles. The molecular weight excluding hydrogens is 178 g/mol. The molecule has 0 aliphatic heterocycles. The minimum Gasteiger partial charge on any atom is -0.373 e. The lowest BCUT2D eigenvalue weighted by atomic mass is 10.3.